The fraction of sp³-hybridized carbons (Fsp3) is 0.500. The predicted octanol–water partition coefficient (Wildman–Crippen LogP) is 1.63. The zero-order valence-corrected chi connectivity index (χ0v) is 15.2. The molecule has 0 fully saturated rings. The molecule has 0 radical (unpaired) electrons. The fourth-order valence-corrected chi connectivity index (χ4v) is 2.27. The lowest BCUT2D eigenvalue weighted by Gasteiger charge is -2.25. The molecule has 1 N–H and O–H groups in total. The lowest BCUT2D eigenvalue weighted by atomic mass is 10.2. The third kappa shape index (κ3) is 7.80. The van der Waals surface area contributed by atoms with Crippen LogP contribution in [0, 0.1) is 0 Å². The zero-order valence-electron chi connectivity index (χ0n) is 15.2. The minimum Gasteiger partial charge on any atom is -0.450 e. The van der Waals surface area contributed by atoms with Gasteiger partial charge in [0.25, 0.3) is 0 Å². The van der Waals surface area contributed by atoms with Crippen molar-refractivity contribution in [3.63, 3.8) is 0 Å². The highest BCUT2D eigenvalue weighted by Crippen LogP contribution is 2.05. The van der Waals surface area contributed by atoms with Crippen LogP contribution in [-0.4, -0.2) is 60.5 Å². The Balaban J connectivity index is 2.55. The fourth-order valence-electron chi connectivity index (χ4n) is 2.27. The lowest BCUT2D eigenvalue weighted by Crippen LogP contribution is -2.45. The molecule has 0 bridgehead atoms. The van der Waals surface area contributed by atoms with E-state index in [9.17, 15) is 14.4 Å². The van der Waals surface area contributed by atoms with Crippen molar-refractivity contribution >= 4 is 17.9 Å². The second kappa shape index (κ2) is 11.2. The van der Waals surface area contributed by atoms with Crippen molar-refractivity contribution in [1.82, 2.24) is 15.1 Å². The van der Waals surface area contributed by atoms with Crippen LogP contribution in [0.25, 0.3) is 0 Å². The first-order valence-electron chi connectivity index (χ1n) is 8.50. The van der Waals surface area contributed by atoms with Crippen molar-refractivity contribution in [2.45, 2.75) is 27.3 Å². The summed E-state index contributed by atoms with van der Waals surface area (Å²) in [5.41, 5.74) is 1.06. The Morgan fingerprint density at radius 3 is 2.24 bits per heavy atom. The Kier molecular flexibility index (Phi) is 9.24. The normalized spacial score (nSPS) is 10.4. The van der Waals surface area contributed by atoms with E-state index < -0.39 is 12.0 Å². The average Bonchev–Trinajstić information content (AvgIpc) is 2.59. The molecule has 1 aromatic rings. The van der Waals surface area contributed by atoms with Crippen LogP contribution >= 0.6 is 0 Å². The van der Waals surface area contributed by atoms with Crippen LogP contribution in [0.15, 0.2) is 30.3 Å². The van der Waals surface area contributed by atoms with E-state index in [-0.39, 0.29) is 25.6 Å². The van der Waals surface area contributed by atoms with E-state index in [4.69, 9.17) is 0 Å². The molecule has 0 spiro atoms. The van der Waals surface area contributed by atoms with Crippen molar-refractivity contribution < 1.29 is 19.1 Å². The van der Waals surface area contributed by atoms with Crippen molar-refractivity contribution in [1.29, 1.82) is 0 Å². The van der Waals surface area contributed by atoms with Crippen LogP contribution in [0.3, 0.4) is 0 Å². The van der Waals surface area contributed by atoms with E-state index in [1.165, 1.54) is 0 Å². The largest absolute Gasteiger partial charge is 0.450 e. The molecule has 0 heterocycles. The van der Waals surface area contributed by atoms with E-state index in [1.807, 2.05) is 44.2 Å². The summed E-state index contributed by atoms with van der Waals surface area (Å²) in [5, 5.41) is 2.14. The van der Waals surface area contributed by atoms with Gasteiger partial charge in [-0.1, -0.05) is 37.3 Å². The summed E-state index contributed by atoms with van der Waals surface area (Å²) in [6.07, 6.45) is -0.769. The highest BCUT2D eigenvalue weighted by atomic mass is 16.5. The van der Waals surface area contributed by atoms with Gasteiger partial charge in [-0.15, -0.1) is 0 Å². The van der Waals surface area contributed by atoms with E-state index in [0.29, 0.717) is 19.6 Å². The average molecular weight is 349 g/mol. The summed E-state index contributed by atoms with van der Waals surface area (Å²) in [5.74, 6) is -0.545. The molecule has 138 valence electrons. The third-order valence-corrected chi connectivity index (χ3v) is 3.64. The maximum Gasteiger partial charge on any atom is 0.413 e. The molecular weight excluding hydrogens is 322 g/mol. The summed E-state index contributed by atoms with van der Waals surface area (Å²) in [6, 6.07) is 9.75. The highest BCUT2D eigenvalue weighted by Gasteiger charge is 2.18. The molecule has 0 aliphatic rings. The maximum absolute atomic E-state index is 12.5. The van der Waals surface area contributed by atoms with Crippen LogP contribution in [0.2, 0.25) is 0 Å². The molecular formula is C18H27N3O4. The number of carbonyl (C=O) groups is 3. The smallest absolute Gasteiger partial charge is 0.413 e. The number of imide groups is 1. The van der Waals surface area contributed by atoms with Crippen LogP contribution in [-0.2, 0) is 20.9 Å². The second-order valence-electron chi connectivity index (χ2n) is 5.47. The lowest BCUT2D eigenvalue weighted by molar-refractivity contribution is -0.133. The molecule has 7 heteroatoms. The van der Waals surface area contributed by atoms with Gasteiger partial charge in [-0.2, -0.15) is 0 Å². The van der Waals surface area contributed by atoms with Crippen LogP contribution in [0.5, 0.6) is 0 Å². The Morgan fingerprint density at radius 1 is 1.00 bits per heavy atom. The van der Waals surface area contributed by atoms with Crippen LogP contribution in [0.4, 0.5) is 4.79 Å². The number of ether oxygens (including phenoxy) is 1. The van der Waals surface area contributed by atoms with Gasteiger partial charge in [0.05, 0.1) is 19.7 Å². The Labute approximate surface area is 148 Å². The molecule has 1 rings (SSSR count). The number of hydrogen-bond acceptors (Lipinski definition) is 5. The number of amides is 3. The van der Waals surface area contributed by atoms with Crippen LogP contribution in [0.1, 0.15) is 26.3 Å². The second-order valence-corrected chi connectivity index (χ2v) is 5.47. The Hall–Kier alpha value is -2.41. The molecule has 25 heavy (non-hydrogen) atoms. The van der Waals surface area contributed by atoms with Crippen molar-refractivity contribution in [3.05, 3.63) is 35.9 Å². The highest BCUT2D eigenvalue weighted by molar-refractivity contribution is 5.93. The summed E-state index contributed by atoms with van der Waals surface area (Å²) in [6.45, 7) is 7.35. The molecule has 0 aromatic heterocycles. The number of nitrogens with one attached hydrogen (secondary N) is 1. The minimum atomic E-state index is -0.769. The maximum atomic E-state index is 12.5. The summed E-state index contributed by atoms with van der Waals surface area (Å²) in [7, 11) is 0. The first kappa shape index (κ1) is 20.6. The van der Waals surface area contributed by atoms with Crippen molar-refractivity contribution in [2.24, 2.45) is 0 Å². The number of rotatable bonds is 9. The van der Waals surface area contributed by atoms with E-state index in [2.05, 4.69) is 10.1 Å². The number of hydrogen-bond donors (Lipinski definition) is 1. The zero-order chi connectivity index (χ0) is 18.7. The topological polar surface area (TPSA) is 79.0 Å². The van der Waals surface area contributed by atoms with Crippen LogP contribution < -0.4 is 5.32 Å². The van der Waals surface area contributed by atoms with Gasteiger partial charge < -0.3 is 9.64 Å². The number of nitrogens with zero attached hydrogens (tertiary/aromatic N) is 2. The van der Waals surface area contributed by atoms with Crippen molar-refractivity contribution in [2.75, 3.05) is 32.8 Å². The van der Waals surface area contributed by atoms with Gasteiger partial charge in [0, 0.05) is 13.1 Å². The van der Waals surface area contributed by atoms with Gasteiger partial charge in [-0.25, -0.2) is 4.79 Å². The standard InChI is InChI=1S/C18H27N3O4/c1-4-20(13-16(22)19-18(24)25-6-3)14-17(23)21(5-2)12-15-10-8-7-9-11-15/h7-11H,4-6,12-14H2,1-3H3,(H,19,22,24). The van der Waals surface area contributed by atoms with Crippen molar-refractivity contribution in [3.8, 4) is 0 Å². The van der Waals surface area contributed by atoms with Gasteiger partial charge in [0.1, 0.15) is 0 Å². The van der Waals surface area contributed by atoms with Gasteiger partial charge in [-0.05, 0) is 26.0 Å². The van der Waals surface area contributed by atoms with Gasteiger partial charge in [-0.3, -0.25) is 19.8 Å². The SMILES string of the molecule is CCOC(=O)NC(=O)CN(CC)CC(=O)N(CC)Cc1ccccc1. The Morgan fingerprint density at radius 2 is 1.68 bits per heavy atom. The number of alkyl carbamates (subject to hydrolysis) is 1. The molecule has 0 atom stereocenters. The van der Waals surface area contributed by atoms with Gasteiger partial charge in [0.2, 0.25) is 11.8 Å². The first-order chi connectivity index (χ1) is 12.0. The van der Waals surface area contributed by atoms with E-state index >= 15 is 0 Å². The molecule has 7 nitrogen and oxygen atoms in total. The number of benzene rings is 1. The molecule has 0 saturated heterocycles. The molecule has 1 aromatic carbocycles. The quantitative estimate of drug-likeness (QED) is 0.733. The molecule has 0 saturated carbocycles. The first-order valence-corrected chi connectivity index (χ1v) is 8.50. The molecule has 0 aliphatic heterocycles. The molecule has 0 aliphatic carbocycles. The summed E-state index contributed by atoms with van der Waals surface area (Å²) >= 11 is 0. The van der Waals surface area contributed by atoms with E-state index in [0.717, 1.165) is 5.56 Å². The molecule has 0 unspecified atom stereocenters. The third-order valence-electron chi connectivity index (χ3n) is 3.64. The summed E-state index contributed by atoms with van der Waals surface area (Å²) < 4.78 is 4.67. The summed E-state index contributed by atoms with van der Waals surface area (Å²) in [4.78, 5) is 39.0. The molecule has 3 amide bonds. The van der Waals surface area contributed by atoms with Gasteiger partial charge >= 0.3 is 6.09 Å². The van der Waals surface area contributed by atoms with Gasteiger partial charge in [0.15, 0.2) is 0 Å². The minimum absolute atomic E-state index is 0.0378. The monoisotopic (exact) mass is 349 g/mol. The number of likely N-dealkylation sites (N-methyl/N-ethyl adjacent to an activating group) is 2. The predicted molar refractivity (Wildman–Crippen MR) is 94.8 cm³/mol. The number of carbonyl (C=O) groups excluding carboxylic acids is 3. The van der Waals surface area contributed by atoms with E-state index in [1.54, 1.807) is 16.7 Å². The Bertz CT molecular complexity index is 563.